The van der Waals surface area contributed by atoms with Gasteiger partial charge in [-0.2, -0.15) is 0 Å². The van der Waals surface area contributed by atoms with Gasteiger partial charge in [0.15, 0.2) is 18.2 Å². The summed E-state index contributed by atoms with van der Waals surface area (Å²) in [5.74, 6) is 0.570. The van der Waals surface area contributed by atoms with Crippen molar-refractivity contribution < 1.29 is 18.8 Å². The van der Waals surface area contributed by atoms with Gasteiger partial charge in [-0.1, -0.05) is 5.92 Å². The van der Waals surface area contributed by atoms with Crippen molar-refractivity contribution in [1.29, 1.82) is 0 Å². The van der Waals surface area contributed by atoms with E-state index in [4.69, 9.17) is 11.2 Å². The maximum atomic E-state index is 13.5. The number of benzene rings is 1. The van der Waals surface area contributed by atoms with E-state index < -0.39 is 23.3 Å². The van der Waals surface area contributed by atoms with E-state index in [1.54, 1.807) is 0 Å². The Labute approximate surface area is 108 Å². The number of hydrogen-bond acceptors (Lipinski definition) is 4. The number of carbonyl (C=O) groups is 1. The van der Waals surface area contributed by atoms with E-state index in [1.165, 1.54) is 13.0 Å². The van der Waals surface area contributed by atoms with Crippen molar-refractivity contribution in [1.82, 2.24) is 5.32 Å². The molecule has 6 nitrogen and oxygen atoms in total. The molecule has 0 aliphatic heterocycles. The van der Waals surface area contributed by atoms with Crippen LogP contribution in [0.5, 0.6) is 5.75 Å². The molecule has 0 atom stereocenters. The van der Waals surface area contributed by atoms with E-state index in [-0.39, 0.29) is 23.5 Å². The smallest absolute Gasteiger partial charge is 0.275 e. The highest BCUT2D eigenvalue weighted by molar-refractivity contribution is 5.77. The van der Waals surface area contributed by atoms with E-state index in [0.29, 0.717) is 0 Å². The zero-order valence-electron chi connectivity index (χ0n) is 10.1. The third-order valence-corrected chi connectivity index (χ3v) is 2.19. The van der Waals surface area contributed by atoms with E-state index in [9.17, 15) is 19.3 Å². The Balaban J connectivity index is 2.75. The molecular formula is C12H11FN2O4. The summed E-state index contributed by atoms with van der Waals surface area (Å²) in [6.45, 7) is 1.07. The molecule has 0 unspecified atom stereocenters. The van der Waals surface area contributed by atoms with Gasteiger partial charge < -0.3 is 10.1 Å². The van der Waals surface area contributed by atoms with Crippen molar-refractivity contribution in [2.75, 3.05) is 13.2 Å². The van der Waals surface area contributed by atoms with E-state index in [1.807, 2.05) is 0 Å². The molecule has 0 fully saturated rings. The summed E-state index contributed by atoms with van der Waals surface area (Å²) in [5, 5.41) is 12.9. The molecule has 1 aromatic rings. The summed E-state index contributed by atoms with van der Waals surface area (Å²) in [4.78, 5) is 21.1. The third-order valence-electron chi connectivity index (χ3n) is 2.19. The first-order valence-corrected chi connectivity index (χ1v) is 5.23. The fourth-order valence-corrected chi connectivity index (χ4v) is 1.30. The average molecular weight is 266 g/mol. The lowest BCUT2D eigenvalue weighted by molar-refractivity contribution is -0.385. The number of terminal acetylenes is 1. The molecular weight excluding hydrogens is 255 g/mol. The van der Waals surface area contributed by atoms with Crippen molar-refractivity contribution in [3.05, 3.63) is 33.6 Å². The van der Waals surface area contributed by atoms with Crippen LogP contribution in [-0.2, 0) is 4.79 Å². The summed E-state index contributed by atoms with van der Waals surface area (Å²) < 4.78 is 18.4. The zero-order valence-corrected chi connectivity index (χ0v) is 10.1. The van der Waals surface area contributed by atoms with Crippen LogP contribution >= 0.6 is 0 Å². The summed E-state index contributed by atoms with van der Waals surface area (Å²) in [6, 6.07) is 1.92. The maximum absolute atomic E-state index is 13.5. The SMILES string of the molecule is C#CCNC(=O)COc1cc(C)c([N+](=O)[O-])cc1F. The van der Waals surface area contributed by atoms with Gasteiger partial charge in [0.05, 0.1) is 17.5 Å². The minimum atomic E-state index is -0.901. The largest absolute Gasteiger partial charge is 0.481 e. The molecule has 1 amide bonds. The number of nitro groups is 1. The predicted molar refractivity (Wildman–Crippen MR) is 65.1 cm³/mol. The highest BCUT2D eigenvalue weighted by Crippen LogP contribution is 2.26. The van der Waals surface area contributed by atoms with Crippen LogP contribution in [0.1, 0.15) is 5.56 Å². The highest BCUT2D eigenvalue weighted by atomic mass is 19.1. The number of nitrogens with zero attached hydrogens (tertiary/aromatic N) is 1. The summed E-state index contributed by atoms with van der Waals surface area (Å²) >= 11 is 0. The summed E-state index contributed by atoms with van der Waals surface area (Å²) in [7, 11) is 0. The first-order valence-electron chi connectivity index (χ1n) is 5.23. The van der Waals surface area contributed by atoms with Crippen molar-refractivity contribution >= 4 is 11.6 Å². The van der Waals surface area contributed by atoms with Gasteiger partial charge in [-0.3, -0.25) is 14.9 Å². The molecule has 1 rings (SSSR count). The molecule has 0 radical (unpaired) electrons. The van der Waals surface area contributed by atoms with Gasteiger partial charge in [0.25, 0.3) is 11.6 Å². The van der Waals surface area contributed by atoms with Crippen molar-refractivity contribution in [2.24, 2.45) is 0 Å². The Morgan fingerprint density at radius 1 is 1.63 bits per heavy atom. The van der Waals surface area contributed by atoms with Crippen LogP contribution in [-0.4, -0.2) is 24.0 Å². The number of ether oxygens (including phenoxy) is 1. The molecule has 0 aliphatic carbocycles. The van der Waals surface area contributed by atoms with Crippen LogP contribution in [0.2, 0.25) is 0 Å². The van der Waals surface area contributed by atoms with Crippen molar-refractivity contribution in [3.8, 4) is 18.1 Å². The molecule has 0 spiro atoms. The number of nitrogens with one attached hydrogen (secondary N) is 1. The normalized spacial score (nSPS) is 9.53. The number of hydrogen-bond donors (Lipinski definition) is 1. The minimum Gasteiger partial charge on any atom is -0.481 e. The molecule has 1 aromatic carbocycles. The molecule has 19 heavy (non-hydrogen) atoms. The van der Waals surface area contributed by atoms with Gasteiger partial charge in [-0.05, 0) is 13.0 Å². The Bertz CT molecular complexity index is 551. The Kier molecular flexibility index (Phi) is 4.83. The summed E-state index contributed by atoms with van der Waals surface area (Å²) in [5.41, 5.74) is -0.105. The highest BCUT2D eigenvalue weighted by Gasteiger charge is 2.16. The minimum absolute atomic E-state index is 0.0456. The topological polar surface area (TPSA) is 81.5 Å². The number of rotatable bonds is 5. The molecule has 0 saturated heterocycles. The lowest BCUT2D eigenvalue weighted by atomic mass is 10.2. The van der Waals surface area contributed by atoms with Crippen molar-refractivity contribution in [3.63, 3.8) is 0 Å². The van der Waals surface area contributed by atoms with Crippen LogP contribution < -0.4 is 10.1 Å². The number of amides is 1. The van der Waals surface area contributed by atoms with Crippen LogP contribution in [0.4, 0.5) is 10.1 Å². The molecule has 100 valence electrons. The lowest BCUT2D eigenvalue weighted by Crippen LogP contribution is -2.29. The van der Waals surface area contributed by atoms with E-state index in [0.717, 1.165) is 6.07 Å². The van der Waals surface area contributed by atoms with Gasteiger partial charge >= 0.3 is 0 Å². The van der Waals surface area contributed by atoms with Gasteiger partial charge in [-0.25, -0.2) is 4.39 Å². The number of aryl methyl sites for hydroxylation is 1. The second-order valence-corrected chi connectivity index (χ2v) is 3.60. The fourth-order valence-electron chi connectivity index (χ4n) is 1.30. The monoisotopic (exact) mass is 266 g/mol. The first-order chi connectivity index (χ1) is 8.95. The third kappa shape index (κ3) is 3.96. The molecule has 0 aliphatic rings. The van der Waals surface area contributed by atoms with E-state index >= 15 is 0 Å². The number of halogens is 1. The maximum Gasteiger partial charge on any atom is 0.275 e. The van der Waals surface area contributed by atoms with Crippen LogP contribution in [0.3, 0.4) is 0 Å². The summed E-state index contributed by atoms with van der Waals surface area (Å²) in [6.07, 6.45) is 4.94. The molecule has 7 heteroatoms. The molecule has 0 bridgehead atoms. The molecule has 1 N–H and O–H groups in total. The lowest BCUT2D eigenvalue weighted by Gasteiger charge is -2.08. The van der Waals surface area contributed by atoms with Crippen molar-refractivity contribution in [2.45, 2.75) is 6.92 Å². The number of nitro benzene ring substituents is 1. The first kappa shape index (κ1) is 14.4. The van der Waals surface area contributed by atoms with Gasteiger partial charge in [-0.15, -0.1) is 6.42 Å². The second-order valence-electron chi connectivity index (χ2n) is 3.60. The fraction of sp³-hybridized carbons (Fsp3) is 0.250. The Morgan fingerprint density at radius 3 is 2.89 bits per heavy atom. The molecule has 0 aromatic heterocycles. The van der Waals surface area contributed by atoms with Crippen LogP contribution in [0.25, 0.3) is 0 Å². The molecule has 0 heterocycles. The van der Waals surface area contributed by atoms with Gasteiger partial charge in [0.1, 0.15) is 0 Å². The Hall–Kier alpha value is -2.62. The van der Waals surface area contributed by atoms with E-state index in [2.05, 4.69) is 11.2 Å². The van der Waals surface area contributed by atoms with Crippen LogP contribution in [0, 0.1) is 35.2 Å². The van der Waals surface area contributed by atoms with Gasteiger partial charge in [0, 0.05) is 5.56 Å². The second kappa shape index (κ2) is 6.35. The average Bonchev–Trinajstić information content (AvgIpc) is 2.36. The van der Waals surface area contributed by atoms with Crippen LogP contribution in [0.15, 0.2) is 12.1 Å². The standard InChI is InChI=1S/C12H11FN2O4/c1-3-4-14-12(16)7-19-11-5-8(2)10(15(17)18)6-9(11)13/h1,5-6H,4,7H2,2H3,(H,14,16). The quantitative estimate of drug-likeness (QED) is 0.492. The van der Waals surface area contributed by atoms with Gasteiger partial charge in [0.2, 0.25) is 0 Å². The zero-order chi connectivity index (χ0) is 14.4. The predicted octanol–water partition coefficient (Wildman–Crippen LogP) is 1.17. The molecule has 0 saturated carbocycles. The Morgan fingerprint density at radius 2 is 2.32 bits per heavy atom. The number of carbonyl (C=O) groups excluding carboxylic acids is 1.